The van der Waals surface area contributed by atoms with Crippen LogP contribution in [0.25, 0.3) is 6.08 Å². The van der Waals surface area contributed by atoms with Crippen molar-refractivity contribution in [3.63, 3.8) is 0 Å². The van der Waals surface area contributed by atoms with E-state index < -0.39 is 23.8 Å². The Morgan fingerprint density at radius 2 is 1.82 bits per heavy atom. The number of imide groups is 2. The number of benzene rings is 2. The lowest BCUT2D eigenvalue weighted by Crippen LogP contribution is -2.54. The van der Waals surface area contributed by atoms with E-state index >= 15 is 0 Å². The maximum absolute atomic E-state index is 12.8. The van der Waals surface area contributed by atoms with E-state index in [-0.39, 0.29) is 28.1 Å². The maximum Gasteiger partial charge on any atom is 0.337 e. The molecule has 1 aliphatic heterocycles. The molecule has 28 heavy (non-hydrogen) atoms. The minimum Gasteiger partial charge on any atom is -0.507 e. The number of halogens is 1. The zero-order valence-electron chi connectivity index (χ0n) is 14.4. The number of nitrogens with zero attached hydrogens (tertiary/aromatic N) is 1. The zero-order valence-corrected chi connectivity index (χ0v) is 15.2. The van der Waals surface area contributed by atoms with Crippen molar-refractivity contribution >= 4 is 47.2 Å². The quantitative estimate of drug-likeness (QED) is 0.465. The predicted octanol–water partition coefficient (Wildman–Crippen LogP) is 2.50. The van der Waals surface area contributed by atoms with Gasteiger partial charge in [0.05, 0.1) is 18.4 Å². The van der Waals surface area contributed by atoms with Crippen LogP contribution in [0.4, 0.5) is 10.5 Å². The molecule has 1 saturated heterocycles. The second-order valence-corrected chi connectivity index (χ2v) is 6.14. The Balaban J connectivity index is 1.99. The number of anilines is 1. The Bertz CT molecular complexity index is 1030. The van der Waals surface area contributed by atoms with Crippen molar-refractivity contribution in [2.75, 3.05) is 12.0 Å². The topological polar surface area (TPSA) is 113 Å². The van der Waals surface area contributed by atoms with E-state index in [4.69, 9.17) is 11.6 Å². The molecule has 0 bridgehead atoms. The van der Waals surface area contributed by atoms with Gasteiger partial charge < -0.3 is 9.84 Å². The first-order valence-electron chi connectivity index (χ1n) is 7.90. The van der Waals surface area contributed by atoms with Gasteiger partial charge in [0, 0.05) is 10.6 Å². The van der Waals surface area contributed by atoms with E-state index in [0.717, 1.165) is 11.0 Å². The van der Waals surface area contributed by atoms with Gasteiger partial charge in [-0.2, -0.15) is 0 Å². The molecule has 2 aromatic rings. The minimum atomic E-state index is -0.937. The first-order chi connectivity index (χ1) is 13.3. The van der Waals surface area contributed by atoms with Gasteiger partial charge in [0.2, 0.25) is 0 Å². The number of nitrogens with one attached hydrogen (secondary N) is 1. The van der Waals surface area contributed by atoms with Crippen LogP contribution in [0.3, 0.4) is 0 Å². The normalized spacial score (nSPS) is 15.6. The molecule has 142 valence electrons. The molecule has 0 aliphatic carbocycles. The smallest absolute Gasteiger partial charge is 0.337 e. The lowest BCUT2D eigenvalue weighted by atomic mass is 10.1. The molecule has 9 heteroatoms. The Labute approximate surface area is 164 Å². The average molecular weight is 401 g/mol. The van der Waals surface area contributed by atoms with Crippen molar-refractivity contribution in [3.8, 4) is 5.75 Å². The van der Waals surface area contributed by atoms with Crippen LogP contribution < -0.4 is 10.2 Å². The Morgan fingerprint density at radius 3 is 2.46 bits per heavy atom. The van der Waals surface area contributed by atoms with Gasteiger partial charge in [0.25, 0.3) is 11.8 Å². The molecule has 2 N–H and O–H groups in total. The SMILES string of the molecule is COC(=O)c1ccc(N2C(=O)NC(=O)/C(=C\c3cc(Cl)ccc3O)C2=O)cc1. The summed E-state index contributed by atoms with van der Waals surface area (Å²) in [5.74, 6) is -2.56. The minimum absolute atomic E-state index is 0.140. The van der Waals surface area contributed by atoms with Gasteiger partial charge >= 0.3 is 12.0 Å². The predicted molar refractivity (Wildman–Crippen MR) is 99.9 cm³/mol. The number of carbonyl (C=O) groups excluding carboxylic acids is 4. The number of aromatic hydroxyl groups is 1. The number of phenols is 1. The van der Waals surface area contributed by atoms with Crippen molar-refractivity contribution in [1.82, 2.24) is 5.32 Å². The Morgan fingerprint density at radius 1 is 1.14 bits per heavy atom. The van der Waals surface area contributed by atoms with Crippen LogP contribution in [-0.4, -0.2) is 36.0 Å². The van der Waals surface area contributed by atoms with Crippen LogP contribution in [0.15, 0.2) is 48.0 Å². The highest BCUT2D eigenvalue weighted by Crippen LogP contribution is 2.27. The number of urea groups is 1. The lowest BCUT2D eigenvalue weighted by molar-refractivity contribution is -0.122. The van der Waals surface area contributed by atoms with E-state index in [1.165, 1.54) is 49.6 Å². The van der Waals surface area contributed by atoms with E-state index in [2.05, 4.69) is 10.1 Å². The molecule has 0 saturated carbocycles. The van der Waals surface area contributed by atoms with Crippen molar-refractivity contribution in [3.05, 3.63) is 64.2 Å². The highest BCUT2D eigenvalue weighted by molar-refractivity contribution is 6.39. The number of amides is 4. The fraction of sp³-hybridized carbons (Fsp3) is 0.0526. The summed E-state index contributed by atoms with van der Waals surface area (Å²) < 4.78 is 4.60. The third kappa shape index (κ3) is 3.58. The summed E-state index contributed by atoms with van der Waals surface area (Å²) in [5, 5.41) is 12.3. The van der Waals surface area contributed by atoms with Gasteiger partial charge in [-0.25, -0.2) is 14.5 Å². The molecule has 2 aromatic carbocycles. The molecule has 0 unspecified atom stereocenters. The third-order valence-electron chi connectivity index (χ3n) is 3.94. The van der Waals surface area contributed by atoms with Crippen LogP contribution in [-0.2, 0) is 14.3 Å². The van der Waals surface area contributed by atoms with Crippen LogP contribution in [0.1, 0.15) is 15.9 Å². The van der Waals surface area contributed by atoms with E-state index in [1.807, 2.05) is 0 Å². The zero-order chi connectivity index (χ0) is 20.4. The van der Waals surface area contributed by atoms with Crippen molar-refractivity contribution in [2.45, 2.75) is 0 Å². The van der Waals surface area contributed by atoms with E-state index in [1.54, 1.807) is 0 Å². The molecule has 0 spiro atoms. The maximum atomic E-state index is 12.8. The number of rotatable bonds is 3. The summed E-state index contributed by atoms with van der Waals surface area (Å²) in [5.41, 5.74) is 0.145. The molecule has 0 aromatic heterocycles. The Kier molecular flexibility index (Phi) is 5.14. The van der Waals surface area contributed by atoms with Gasteiger partial charge in [-0.05, 0) is 48.5 Å². The molecule has 1 heterocycles. The third-order valence-corrected chi connectivity index (χ3v) is 4.17. The van der Waals surface area contributed by atoms with E-state index in [0.29, 0.717) is 5.02 Å². The molecule has 3 rings (SSSR count). The van der Waals surface area contributed by atoms with Gasteiger partial charge in [0.15, 0.2) is 0 Å². The second-order valence-electron chi connectivity index (χ2n) is 5.70. The molecular weight excluding hydrogens is 388 g/mol. The first-order valence-corrected chi connectivity index (χ1v) is 8.28. The summed E-state index contributed by atoms with van der Waals surface area (Å²) in [6.07, 6.45) is 1.14. The van der Waals surface area contributed by atoms with Crippen LogP contribution in [0, 0.1) is 0 Å². The van der Waals surface area contributed by atoms with Crippen molar-refractivity contribution < 1.29 is 29.0 Å². The summed E-state index contributed by atoms with van der Waals surface area (Å²) in [6.45, 7) is 0. The van der Waals surface area contributed by atoms with Gasteiger partial charge in [-0.1, -0.05) is 11.6 Å². The van der Waals surface area contributed by atoms with Gasteiger partial charge in [-0.15, -0.1) is 0 Å². The highest BCUT2D eigenvalue weighted by atomic mass is 35.5. The fourth-order valence-corrected chi connectivity index (χ4v) is 2.73. The highest BCUT2D eigenvalue weighted by Gasteiger charge is 2.37. The molecule has 1 aliphatic rings. The molecular formula is C19H13ClN2O6. The second kappa shape index (κ2) is 7.53. The van der Waals surface area contributed by atoms with Crippen molar-refractivity contribution in [1.29, 1.82) is 0 Å². The largest absolute Gasteiger partial charge is 0.507 e. The molecule has 8 nitrogen and oxygen atoms in total. The van der Waals surface area contributed by atoms with Crippen molar-refractivity contribution in [2.24, 2.45) is 0 Å². The van der Waals surface area contributed by atoms with Gasteiger partial charge in [0.1, 0.15) is 11.3 Å². The molecule has 0 atom stereocenters. The average Bonchev–Trinajstić information content (AvgIpc) is 2.67. The van der Waals surface area contributed by atoms with Gasteiger partial charge in [-0.3, -0.25) is 14.9 Å². The van der Waals surface area contributed by atoms with E-state index in [9.17, 15) is 24.3 Å². The standard InChI is InChI=1S/C19H13ClN2O6/c1-28-18(26)10-2-5-13(6-3-10)22-17(25)14(16(24)21-19(22)27)9-11-8-12(20)4-7-15(11)23/h2-9,23H,1H3,(H,21,24,27)/b14-9+. The summed E-state index contributed by atoms with van der Waals surface area (Å²) in [7, 11) is 1.23. The number of barbiturate groups is 1. The number of hydrogen-bond donors (Lipinski definition) is 2. The number of phenolic OH excluding ortho intramolecular Hbond substituents is 1. The Hall–Kier alpha value is -3.65. The van der Waals surface area contributed by atoms with Crippen LogP contribution in [0.5, 0.6) is 5.75 Å². The number of esters is 1. The summed E-state index contributed by atoms with van der Waals surface area (Å²) in [6, 6.07) is 8.69. The number of ether oxygens (including phenoxy) is 1. The molecule has 0 radical (unpaired) electrons. The van der Waals surface area contributed by atoms with Crippen LogP contribution in [0.2, 0.25) is 5.02 Å². The fourth-order valence-electron chi connectivity index (χ4n) is 2.55. The number of carbonyl (C=O) groups is 4. The lowest BCUT2D eigenvalue weighted by Gasteiger charge is -2.26. The number of methoxy groups -OCH3 is 1. The monoisotopic (exact) mass is 400 g/mol. The molecule has 1 fully saturated rings. The molecule has 4 amide bonds. The summed E-state index contributed by atoms with van der Waals surface area (Å²) in [4.78, 5) is 49.4. The number of hydrogen-bond acceptors (Lipinski definition) is 6. The van der Waals surface area contributed by atoms with Crippen LogP contribution >= 0.6 is 11.6 Å². The first kappa shape index (κ1) is 19.1. The summed E-state index contributed by atoms with van der Waals surface area (Å²) >= 11 is 5.88.